The molecule has 0 radical (unpaired) electrons. The average molecular weight is 227 g/mol. The van der Waals surface area contributed by atoms with Gasteiger partial charge in [-0.25, -0.2) is 0 Å². The Morgan fingerprint density at radius 3 is 2.43 bits per heavy atom. The van der Waals surface area contributed by atoms with Gasteiger partial charge in [0.25, 0.3) is 0 Å². The first-order valence-electron chi connectivity index (χ1n) is 4.09. The molecule has 0 amide bonds. The molecule has 72 valence electrons. The quantitative estimate of drug-likeness (QED) is 0.651. The minimum absolute atomic E-state index is 0. The number of pyridine rings is 1. The summed E-state index contributed by atoms with van der Waals surface area (Å²) >= 11 is 0. The van der Waals surface area contributed by atoms with Crippen LogP contribution in [0.1, 0.15) is 11.1 Å². The van der Waals surface area contributed by atoms with Crippen molar-refractivity contribution in [3.05, 3.63) is 29.6 Å². The van der Waals surface area contributed by atoms with E-state index in [0.717, 1.165) is 5.56 Å². The largest absolute Gasteiger partial charge is 1.00 e. The molecule has 1 aromatic heterocycles. The van der Waals surface area contributed by atoms with E-state index in [1.165, 1.54) is 6.20 Å². The van der Waals surface area contributed by atoms with Crippen molar-refractivity contribution in [2.24, 2.45) is 0 Å². The van der Waals surface area contributed by atoms with E-state index < -0.39 is 13.3 Å². The first kappa shape index (κ1) is 14.6. The van der Waals surface area contributed by atoms with Crippen LogP contribution in [0.3, 0.4) is 0 Å². The number of nitrogens with zero attached hydrogens (tertiary/aromatic N) is 1. The maximum Gasteiger partial charge on any atom is 1.00 e. The van der Waals surface area contributed by atoms with Gasteiger partial charge >= 0.3 is 58.4 Å². The van der Waals surface area contributed by atoms with Crippen LogP contribution in [0, 0.1) is 6.92 Å². The molecular weight excluding hydrogens is 217 g/mol. The molecule has 0 aromatic carbocycles. The van der Waals surface area contributed by atoms with Crippen LogP contribution in [0.4, 0.5) is 12.9 Å². The number of aromatic nitrogens is 1. The molecule has 1 nitrogen and oxygen atoms in total. The van der Waals surface area contributed by atoms with E-state index in [4.69, 9.17) is 0 Å². The molecule has 0 bridgehead atoms. The third-order valence-electron chi connectivity index (χ3n) is 1.69. The fourth-order valence-corrected chi connectivity index (χ4v) is 1.08. The van der Waals surface area contributed by atoms with E-state index in [1.54, 1.807) is 12.3 Å². The molecule has 1 heterocycles. The average Bonchev–Trinajstić information content (AvgIpc) is 2.00. The van der Waals surface area contributed by atoms with Crippen LogP contribution in [0.15, 0.2) is 18.5 Å². The van der Waals surface area contributed by atoms with Gasteiger partial charge in [0, 0.05) is 12.4 Å². The molecule has 0 aliphatic heterocycles. The molecule has 0 unspecified atom stereocenters. The normalized spacial score (nSPS) is 10.9. The van der Waals surface area contributed by atoms with Crippen molar-refractivity contribution in [3.63, 3.8) is 0 Å². The maximum absolute atomic E-state index is 11.9. The Balaban J connectivity index is 0.00000169. The first-order chi connectivity index (χ1) is 5.97. The summed E-state index contributed by atoms with van der Waals surface area (Å²) in [4.78, 5) is 3.82. The topological polar surface area (TPSA) is 12.9 Å². The number of hydrogen-bond acceptors (Lipinski definition) is 1. The van der Waals surface area contributed by atoms with E-state index >= 15 is 0 Å². The standard InChI is InChI=1S/C8H10BF3N.K/c1-7-4-8(6-13-5-7)2-3-9(10,11)12;/h4-6H,2-3H2,1H3;/q-1;+1. The number of hydrogen-bond donors (Lipinski definition) is 0. The summed E-state index contributed by atoms with van der Waals surface area (Å²) < 4.78 is 35.7. The molecule has 0 spiro atoms. The second-order valence-electron chi connectivity index (χ2n) is 3.12. The van der Waals surface area contributed by atoms with E-state index in [0.29, 0.717) is 5.56 Å². The van der Waals surface area contributed by atoms with Crippen LogP contribution in [0.5, 0.6) is 0 Å². The van der Waals surface area contributed by atoms with Crippen LogP contribution in [-0.4, -0.2) is 12.0 Å². The zero-order valence-electron chi connectivity index (χ0n) is 8.30. The summed E-state index contributed by atoms with van der Waals surface area (Å²) in [6.45, 7) is -2.85. The van der Waals surface area contributed by atoms with Gasteiger partial charge in [0.05, 0.1) is 0 Å². The third kappa shape index (κ3) is 6.19. The first-order valence-corrected chi connectivity index (χ1v) is 4.09. The van der Waals surface area contributed by atoms with Gasteiger partial charge in [0.15, 0.2) is 0 Å². The van der Waals surface area contributed by atoms with E-state index in [-0.39, 0.29) is 57.8 Å². The Morgan fingerprint density at radius 2 is 1.93 bits per heavy atom. The van der Waals surface area contributed by atoms with Crippen LogP contribution < -0.4 is 51.4 Å². The number of rotatable bonds is 3. The van der Waals surface area contributed by atoms with Crippen molar-refractivity contribution in [1.82, 2.24) is 4.98 Å². The van der Waals surface area contributed by atoms with Crippen molar-refractivity contribution in [2.45, 2.75) is 19.7 Å². The van der Waals surface area contributed by atoms with Gasteiger partial charge in [0.2, 0.25) is 0 Å². The second-order valence-corrected chi connectivity index (χ2v) is 3.12. The molecule has 0 saturated carbocycles. The van der Waals surface area contributed by atoms with E-state index in [9.17, 15) is 12.9 Å². The van der Waals surface area contributed by atoms with Crippen molar-refractivity contribution >= 4 is 6.98 Å². The maximum atomic E-state index is 11.9. The van der Waals surface area contributed by atoms with Gasteiger partial charge in [-0.2, -0.15) is 0 Å². The zero-order valence-corrected chi connectivity index (χ0v) is 11.4. The molecule has 1 aromatic rings. The minimum atomic E-state index is -4.67. The molecule has 0 fully saturated rings. The van der Waals surface area contributed by atoms with Gasteiger partial charge in [-0.15, -0.1) is 0 Å². The molecule has 14 heavy (non-hydrogen) atoms. The van der Waals surface area contributed by atoms with Gasteiger partial charge in [-0.3, -0.25) is 4.98 Å². The Morgan fingerprint density at radius 1 is 1.29 bits per heavy atom. The smallest absolute Gasteiger partial charge is 0.449 e. The monoisotopic (exact) mass is 227 g/mol. The summed E-state index contributed by atoms with van der Waals surface area (Å²) in [5.41, 5.74) is 1.55. The van der Waals surface area contributed by atoms with Gasteiger partial charge < -0.3 is 12.9 Å². The van der Waals surface area contributed by atoms with Crippen LogP contribution in [0.25, 0.3) is 0 Å². The van der Waals surface area contributed by atoms with Crippen molar-refractivity contribution in [2.75, 3.05) is 0 Å². The Kier molecular flexibility index (Phi) is 6.56. The van der Waals surface area contributed by atoms with Crippen molar-refractivity contribution < 1.29 is 64.3 Å². The van der Waals surface area contributed by atoms with Crippen LogP contribution in [-0.2, 0) is 6.42 Å². The van der Waals surface area contributed by atoms with Crippen molar-refractivity contribution in [1.29, 1.82) is 0 Å². The third-order valence-corrected chi connectivity index (χ3v) is 1.69. The summed E-state index contributed by atoms with van der Waals surface area (Å²) in [7, 11) is 0. The Hall–Kier alpha value is 0.641. The number of aryl methyl sites for hydroxylation is 2. The molecule has 0 atom stereocenters. The molecule has 1 rings (SSSR count). The van der Waals surface area contributed by atoms with Crippen LogP contribution in [0.2, 0.25) is 6.32 Å². The van der Waals surface area contributed by atoms with Crippen LogP contribution >= 0.6 is 0 Å². The molecular formula is C8H10BF3KN. The minimum Gasteiger partial charge on any atom is -0.449 e. The second kappa shape index (κ2) is 6.27. The van der Waals surface area contributed by atoms with E-state index in [1.807, 2.05) is 6.92 Å². The Bertz CT molecular complexity index is 290. The van der Waals surface area contributed by atoms with Gasteiger partial charge in [-0.1, -0.05) is 18.8 Å². The summed E-state index contributed by atoms with van der Waals surface area (Å²) in [6.07, 6.45) is 2.43. The summed E-state index contributed by atoms with van der Waals surface area (Å²) in [6, 6.07) is 1.73. The summed E-state index contributed by atoms with van der Waals surface area (Å²) in [5, 5.41) is 0. The van der Waals surface area contributed by atoms with Gasteiger partial charge in [0.1, 0.15) is 0 Å². The van der Waals surface area contributed by atoms with Gasteiger partial charge in [-0.05, 0) is 18.1 Å². The molecule has 0 saturated heterocycles. The fraction of sp³-hybridized carbons (Fsp3) is 0.375. The molecule has 0 N–H and O–H groups in total. The zero-order chi connectivity index (χ0) is 9.90. The fourth-order valence-electron chi connectivity index (χ4n) is 1.08. The summed E-state index contributed by atoms with van der Waals surface area (Å²) in [5.74, 6) is 0. The predicted molar refractivity (Wildman–Crippen MR) is 46.6 cm³/mol. The number of halogens is 3. The molecule has 0 aliphatic carbocycles. The molecule has 6 heteroatoms. The SMILES string of the molecule is Cc1cncc(CC[B-](F)(F)F)c1.[K+]. The predicted octanol–water partition coefficient (Wildman–Crippen LogP) is -0.216. The Labute approximate surface area is 124 Å². The van der Waals surface area contributed by atoms with Crippen molar-refractivity contribution in [3.8, 4) is 0 Å². The van der Waals surface area contributed by atoms with E-state index in [2.05, 4.69) is 4.98 Å². The molecule has 0 aliphatic rings.